The van der Waals surface area contributed by atoms with Gasteiger partial charge in [0, 0.05) is 0 Å². The predicted molar refractivity (Wildman–Crippen MR) is 122 cm³/mol. The predicted octanol–water partition coefficient (Wildman–Crippen LogP) is 4.51. The van der Waals surface area contributed by atoms with Crippen LogP contribution in [0, 0.1) is 6.92 Å². The lowest BCUT2D eigenvalue weighted by Crippen LogP contribution is -2.23. The molecule has 0 spiro atoms. The van der Waals surface area contributed by atoms with Crippen LogP contribution in [-0.2, 0) is 15.7 Å². The summed E-state index contributed by atoms with van der Waals surface area (Å²) in [5.41, 5.74) is -0.568. The molecule has 0 fully saturated rings. The Morgan fingerprint density at radius 3 is 2.34 bits per heavy atom. The van der Waals surface area contributed by atoms with Gasteiger partial charge in [0.1, 0.15) is 5.82 Å². The van der Waals surface area contributed by atoms with Gasteiger partial charge >= 0.3 is 12.1 Å². The first-order valence-electron chi connectivity index (χ1n) is 10.4. The maximum absolute atomic E-state index is 13.1. The quantitative estimate of drug-likeness (QED) is 0.424. The van der Waals surface area contributed by atoms with Crippen LogP contribution in [0.2, 0.25) is 0 Å². The van der Waals surface area contributed by atoms with Crippen LogP contribution in [0.15, 0.2) is 77.6 Å². The van der Waals surface area contributed by atoms with Crippen molar-refractivity contribution in [3.8, 4) is 5.69 Å². The lowest BCUT2D eigenvalue weighted by molar-refractivity contribution is -0.137. The standard InChI is InChI=1S/C25H18F3N3O4/c1-15-29-20-8-4-2-6-18(20)23(33)31(15)17-12-10-16(11-13-17)24(34)35-14-22(32)30-21-9-5-3-7-19(21)25(26,27)28/h2-13H,14H2,1H3,(H,30,32). The van der Waals surface area contributed by atoms with Gasteiger partial charge in [-0.1, -0.05) is 24.3 Å². The van der Waals surface area contributed by atoms with Crippen molar-refractivity contribution >= 4 is 28.5 Å². The third-order valence-corrected chi connectivity index (χ3v) is 5.15. The van der Waals surface area contributed by atoms with E-state index in [2.05, 4.69) is 10.3 Å². The normalized spacial score (nSPS) is 11.3. The van der Waals surface area contributed by atoms with Gasteiger partial charge in [0.15, 0.2) is 6.61 Å². The van der Waals surface area contributed by atoms with E-state index in [-0.39, 0.29) is 11.1 Å². The zero-order valence-corrected chi connectivity index (χ0v) is 18.3. The Hall–Kier alpha value is -4.47. The topological polar surface area (TPSA) is 90.3 Å². The Morgan fingerprint density at radius 2 is 1.63 bits per heavy atom. The van der Waals surface area contributed by atoms with E-state index in [0.29, 0.717) is 22.4 Å². The second kappa shape index (κ2) is 9.41. The number of fused-ring (bicyclic) bond motifs is 1. The number of benzene rings is 3. The monoisotopic (exact) mass is 481 g/mol. The molecule has 3 aromatic carbocycles. The van der Waals surface area contributed by atoms with Crippen LogP contribution in [0.5, 0.6) is 0 Å². The van der Waals surface area contributed by atoms with Gasteiger partial charge in [-0.2, -0.15) is 13.2 Å². The SMILES string of the molecule is Cc1nc2ccccc2c(=O)n1-c1ccc(C(=O)OCC(=O)Nc2ccccc2C(F)(F)F)cc1. The van der Waals surface area contributed by atoms with Crippen molar-refractivity contribution in [2.24, 2.45) is 0 Å². The molecular weight excluding hydrogens is 463 g/mol. The van der Waals surface area contributed by atoms with Gasteiger partial charge < -0.3 is 10.1 Å². The summed E-state index contributed by atoms with van der Waals surface area (Å²) in [4.78, 5) is 41.7. The zero-order valence-electron chi connectivity index (χ0n) is 18.3. The van der Waals surface area contributed by atoms with Crippen LogP contribution in [0.1, 0.15) is 21.7 Å². The molecule has 0 aliphatic carbocycles. The number of aryl methyl sites for hydroxylation is 1. The number of halogens is 3. The van der Waals surface area contributed by atoms with Gasteiger partial charge in [-0.3, -0.25) is 14.2 Å². The minimum Gasteiger partial charge on any atom is -0.452 e. The smallest absolute Gasteiger partial charge is 0.418 e. The molecule has 0 saturated heterocycles. The Bertz CT molecular complexity index is 1480. The van der Waals surface area contributed by atoms with Crippen molar-refractivity contribution in [3.63, 3.8) is 0 Å². The molecule has 0 atom stereocenters. The van der Waals surface area contributed by atoms with Crippen LogP contribution < -0.4 is 10.9 Å². The molecule has 0 aliphatic rings. The second-order valence-corrected chi connectivity index (χ2v) is 7.53. The van der Waals surface area contributed by atoms with Gasteiger partial charge in [-0.25, -0.2) is 9.78 Å². The molecule has 1 heterocycles. The summed E-state index contributed by atoms with van der Waals surface area (Å²) in [5, 5.41) is 2.54. The van der Waals surface area contributed by atoms with Crippen LogP contribution in [0.25, 0.3) is 16.6 Å². The van der Waals surface area contributed by atoms with Crippen molar-refractivity contribution < 1.29 is 27.5 Å². The number of carbonyl (C=O) groups is 2. The highest BCUT2D eigenvalue weighted by Gasteiger charge is 2.33. The fourth-order valence-electron chi connectivity index (χ4n) is 3.53. The molecule has 4 rings (SSSR count). The number of amides is 1. The molecule has 0 aliphatic heterocycles. The van der Waals surface area contributed by atoms with Crippen LogP contribution >= 0.6 is 0 Å². The number of hydrogen-bond acceptors (Lipinski definition) is 5. The van der Waals surface area contributed by atoms with Crippen molar-refractivity contribution in [1.82, 2.24) is 9.55 Å². The Kier molecular flexibility index (Phi) is 6.37. The van der Waals surface area contributed by atoms with E-state index in [9.17, 15) is 27.6 Å². The number of para-hydroxylation sites is 2. The summed E-state index contributed by atoms with van der Waals surface area (Å²) in [6, 6.07) is 17.3. The first kappa shape index (κ1) is 23.7. The van der Waals surface area contributed by atoms with E-state index >= 15 is 0 Å². The molecule has 1 amide bonds. The highest BCUT2D eigenvalue weighted by Crippen LogP contribution is 2.34. The number of nitrogens with one attached hydrogen (secondary N) is 1. The number of anilines is 1. The van der Waals surface area contributed by atoms with Crippen LogP contribution in [0.3, 0.4) is 0 Å². The highest BCUT2D eigenvalue weighted by molar-refractivity contribution is 5.96. The van der Waals surface area contributed by atoms with E-state index in [1.807, 2.05) is 0 Å². The minimum atomic E-state index is -4.65. The van der Waals surface area contributed by atoms with E-state index in [0.717, 1.165) is 12.1 Å². The number of hydrogen-bond donors (Lipinski definition) is 1. The number of nitrogens with zero attached hydrogens (tertiary/aromatic N) is 2. The third-order valence-electron chi connectivity index (χ3n) is 5.15. The maximum Gasteiger partial charge on any atom is 0.418 e. The Balaban J connectivity index is 1.45. The Morgan fingerprint density at radius 1 is 0.971 bits per heavy atom. The highest BCUT2D eigenvalue weighted by atomic mass is 19.4. The number of rotatable bonds is 5. The average Bonchev–Trinajstić information content (AvgIpc) is 2.82. The lowest BCUT2D eigenvalue weighted by atomic mass is 10.1. The first-order valence-corrected chi connectivity index (χ1v) is 10.4. The van der Waals surface area contributed by atoms with Crippen molar-refractivity contribution in [3.05, 3.63) is 100 Å². The molecule has 10 heteroatoms. The number of aromatic nitrogens is 2. The zero-order chi connectivity index (χ0) is 25.2. The summed E-state index contributed by atoms with van der Waals surface area (Å²) in [6.45, 7) is 0.908. The van der Waals surface area contributed by atoms with E-state index < -0.39 is 35.9 Å². The third kappa shape index (κ3) is 5.06. The number of carbonyl (C=O) groups excluding carboxylic acids is 2. The number of ether oxygens (including phenoxy) is 1. The molecule has 0 bridgehead atoms. The van der Waals surface area contributed by atoms with E-state index in [4.69, 9.17) is 4.74 Å². The first-order chi connectivity index (χ1) is 16.6. The molecule has 1 N–H and O–H groups in total. The molecule has 0 unspecified atom stereocenters. The van der Waals surface area contributed by atoms with Gasteiger partial charge in [0.2, 0.25) is 0 Å². The second-order valence-electron chi connectivity index (χ2n) is 7.53. The van der Waals surface area contributed by atoms with Gasteiger partial charge in [-0.15, -0.1) is 0 Å². The fourth-order valence-corrected chi connectivity index (χ4v) is 3.53. The molecule has 178 valence electrons. The largest absolute Gasteiger partial charge is 0.452 e. The average molecular weight is 481 g/mol. The van der Waals surface area contributed by atoms with Crippen molar-refractivity contribution in [2.75, 3.05) is 11.9 Å². The minimum absolute atomic E-state index is 0.0942. The van der Waals surface area contributed by atoms with Gasteiger partial charge in [0.05, 0.1) is 33.4 Å². The van der Waals surface area contributed by atoms with E-state index in [1.165, 1.54) is 41.0 Å². The molecule has 1 aromatic heterocycles. The summed E-state index contributed by atoms with van der Waals surface area (Å²) >= 11 is 0. The molecule has 35 heavy (non-hydrogen) atoms. The summed E-state index contributed by atoms with van der Waals surface area (Å²) in [7, 11) is 0. The molecule has 7 nitrogen and oxygen atoms in total. The van der Waals surface area contributed by atoms with Crippen molar-refractivity contribution in [1.29, 1.82) is 0 Å². The summed E-state index contributed by atoms with van der Waals surface area (Å²) in [5.74, 6) is -1.31. The van der Waals surface area contributed by atoms with Gasteiger partial charge in [0.25, 0.3) is 11.5 Å². The van der Waals surface area contributed by atoms with E-state index in [1.54, 1.807) is 31.2 Å². The van der Waals surface area contributed by atoms with Gasteiger partial charge in [-0.05, 0) is 55.5 Å². The van der Waals surface area contributed by atoms with Crippen LogP contribution in [0.4, 0.5) is 18.9 Å². The molecular formula is C25H18F3N3O4. The summed E-state index contributed by atoms with van der Waals surface area (Å²) < 4.78 is 45.5. The molecule has 0 saturated carbocycles. The lowest BCUT2D eigenvalue weighted by Gasteiger charge is -2.13. The Labute approximate surface area is 196 Å². The maximum atomic E-state index is 13.1. The molecule has 4 aromatic rings. The number of esters is 1. The van der Waals surface area contributed by atoms with Crippen LogP contribution in [-0.4, -0.2) is 28.0 Å². The summed E-state index contributed by atoms with van der Waals surface area (Å²) in [6.07, 6.45) is -4.65. The van der Waals surface area contributed by atoms with Crippen molar-refractivity contribution in [2.45, 2.75) is 13.1 Å². The fraction of sp³-hybridized carbons (Fsp3) is 0.120. The molecule has 0 radical (unpaired) electrons. The number of alkyl halides is 3.